The van der Waals surface area contributed by atoms with E-state index in [9.17, 15) is 9.18 Å². The minimum Gasteiger partial charge on any atom is -0.463 e. The second kappa shape index (κ2) is 8.41. The molecule has 2 aromatic rings. The van der Waals surface area contributed by atoms with E-state index in [1.165, 1.54) is 36.3 Å². The van der Waals surface area contributed by atoms with Gasteiger partial charge in [0, 0.05) is 24.3 Å². The molecule has 166 valence electrons. The molecule has 0 unspecified atom stereocenters. The lowest BCUT2D eigenvalue weighted by Crippen LogP contribution is -2.37. The molecule has 1 amide bonds. The number of rotatable bonds is 7. The van der Waals surface area contributed by atoms with Crippen molar-refractivity contribution in [2.45, 2.75) is 23.6 Å². The molecule has 2 heterocycles. The van der Waals surface area contributed by atoms with Crippen molar-refractivity contribution in [3.05, 3.63) is 47.7 Å². The number of ether oxygens (including phenoxy) is 2. The average Bonchev–Trinajstić information content (AvgIpc) is 3.49. The number of hydrogen-bond acceptors (Lipinski definition) is 8. The van der Waals surface area contributed by atoms with E-state index in [4.69, 9.17) is 21.6 Å². The highest BCUT2D eigenvalue weighted by molar-refractivity contribution is 8.15. The first-order valence-electron chi connectivity index (χ1n) is 9.84. The van der Waals surface area contributed by atoms with Gasteiger partial charge in [-0.1, -0.05) is 17.7 Å². The molecule has 2 aliphatic rings. The summed E-state index contributed by atoms with van der Waals surface area (Å²) < 4.78 is 25.2. The van der Waals surface area contributed by atoms with E-state index in [-0.39, 0.29) is 28.8 Å². The third-order valence-corrected chi connectivity index (χ3v) is 6.95. The topological polar surface area (TPSA) is 112 Å². The number of carbonyl (C=O) groups is 1. The van der Waals surface area contributed by atoms with E-state index in [1.54, 1.807) is 13.2 Å². The summed E-state index contributed by atoms with van der Waals surface area (Å²) in [6.07, 6.45) is 8.53. The zero-order chi connectivity index (χ0) is 22.9. The van der Waals surface area contributed by atoms with Crippen molar-refractivity contribution in [3.8, 4) is 18.2 Å². The van der Waals surface area contributed by atoms with Crippen molar-refractivity contribution < 1.29 is 18.7 Å². The summed E-state index contributed by atoms with van der Waals surface area (Å²) in [5, 5.41) is 3.13. The Morgan fingerprint density at radius 1 is 1.44 bits per heavy atom. The number of fused-ring (bicyclic) bond motifs is 1. The van der Waals surface area contributed by atoms with Crippen LogP contribution in [-0.2, 0) is 10.3 Å². The normalized spacial score (nSPS) is 25.8. The molecular weight excluding hydrogens is 433 g/mol. The van der Waals surface area contributed by atoms with Crippen molar-refractivity contribution in [2.75, 3.05) is 25.6 Å². The molecule has 1 aromatic heterocycles. The molecule has 3 atom stereocenters. The quantitative estimate of drug-likeness (QED) is 0.617. The maximum absolute atomic E-state index is 14.9. The Kier molecular flexibility index (Phi) is 5.79. The second-order valence-corrected chi connectivity index (χ2v) is 9.27. The third-order valence-electron chi connectivity index (χ3n) is 5.68. The average molecular weight is 456 g/mol. The summed E-state index contributed by atoms with van der Waals surface area (Å²) in [7, 11) is 1.64. The molecule has 10 heteroatoms. The van der Waals surface area contributed by atoms with Crippen molar-refractivity contribution >= 4 is 28.5 Å². The molecule has 1 fully saturated rings. The van der Waals surface area contributed by atoms with E-state index in [0.29, 0.717) is 23.0 Å². The molecule has 3 N–H and O–H groups in total. The molecule has 0 bridgehead atoms. The van der Waals surface area contributed by atoms with Gasteiger partial charge in [-0.3, -0.25) is 9.79 Å². The van der Waals surface area contributed by atoms with Crippen LogP contribution in [0.1, 0.15) is 29.4 Å². The molecule has 32 heavy (non-hydrogen) atoms. The predicted molar refractivity (Wildman–Crippen MR) is 120 cm³/mol. The van der Waals surface area contributed by atoms with Gasteiger partial charge in [-0.2, -0.15) is 0 Å². The van der Waals surface area contributed by atoms with Crippen molar-refractivity contribution in [2.24, 2.45) is 16.6 Å². The van der Waals surface area contributed by atoms with Gasteiger partial charge in [-0.05, 0) is 31.5 Å². The van der Waals surface area contributed by atoms with E-state index < -0.39 is 17.3 Å². The highest BCUT2D eigenvalue weighted by Crippen LogP contribution is 2.66. The molecular formula is C22H22FN5O3S. The second-order valence-electron chi connectivity index (χ2n) is 7.84. The summed E-state index contributed by atoms with van der Waals surface area (Å²) >= 11 is 1.48. The standard InChI is InChI=1S/C22H22FN5O3S/c1-4-7-31-18-11-25-16(10-26-18)19(29)27-13-5-6-15(23)14(8-13)21(2)17-9-22(17,12-30-3)32-20(24)28-21/h1,5-6,8,10-11,17H,7,9,12H2,2-3H3,(H2,24,28)(H,27,29)/t17-,21+,22+/m0/s1. The van der Waals surface area contributed by atoms with Gasteiger partial charge in [-0.15, -0.1) is 6.42 Å². The van der Waals surface area contributed by atoms with Crippen molar-refractivity contribution in [3.63, 3.8) is 0 Å². The number of terminal acetylenes is 1. The number of nitrogens with zero attached hydrogens (tertiary/aromatic N) is 3. The zero-order valence-electron chi connectivity index (χ0n) is 17.6. The summed E-state index contributed by atoms with van der Waals surface area (Å²) in [6.45, 7) is 2.42. The van der Waals surface area contributed by atoms with E-state index in [2.05, 4.69) is 26.2 Å². The lowest BCUT2D eigenvalue weighted by Gasteiger charge is -2.34. The van der Waals surface area contributed by atoms with Crippen molar-refractivity contribution in [1.29, 1.82) is 0 Å². The Hall–Kier alpha value is -3.16. The third kappa shape index (κ3) is 4.01. The molecule has 1 aliphatic heterocycles. The minimum absolute atomic E-state index is 0.0511. The van der Waals surface area contributed by atoms with Crippen LogP contribution in [0.25, 0.3) is 0 Å². The molecule has 1 aromatic carbocycles. The Morgan fingerprint density at radius 3 is 2.94 bits per heavy atom. The summed E-state index contributed by atoms with van der Waals surface area (Å²) in [5.74, 6) is 1.69. The molecule has 0 saturated heterocycles. The lowest BCUT2D eigenvalue weighted by molar-refractivity contribution is 0.102. The SMILES string of the molecule is C#CCOc1cnc(C(=O)Nc2ccc(F)c([C@@]3(C)N=C(N)S[C@@]4(COC)C[C@H]43)c2)cn1. The first kappa shape index (κ1) is 22.0. The molecule has 0 spiro atoms. The number of thioether (sulfide) groups is 1. The van der Waals surface area contributed by atoms with Crippen LogP contribution < -0.4 is 15.8 Å². The number of methoxy groups -OCH3 is 1. The van der Waals surface area contributed by atoms with Gasteiger partial charge in [0.2, 0.25) is 5.88 Å². The maximum atomic E-state index is 14.9. The van der Waals surface area contributed by atoms with Gasteiger partial charge in [0.15, 0.2) is 11.8 Å². The summed E-state index contributed by atoms with van der Waals surface area (Å²) in [4.78, 5) is 25.2. The van der Waals surface area contributed by atoms with E-state index in [0.717, 1.165) is 6.42 Å². The Morgan fingerprint density at radius 2 is 2.25 bits per heavy atom. The minimum atomic E-state index is -0.867. The maximum Gasteiger partial charge on any atom is 0.275 e. The van der Waals surface area contributed by atoms with Gasteiger partial charge in [-0.25, -0.2) is 14.4 Å². The number of amidine groups is 1. The van der Waals surface area contributed by atoms with Crippen LogP contribution >= 0.6 is 11.8 Å². The van der Waals surface area contributed by atoms with E-state index in [1.807, 2.05) is 6.92 Å². The van der Waals surface area contributed by atoms with Gasteiger partial charge >= 0.3 is 0 Å². The first-order chi connectivity index (χ1) is 15.3. The number of aliphatic imine (C=N–C) groups is 1. The number of hydrogen-bond donors (Lipinski definition) is 2. The van der Waals surface area contributed by atoms with Gasteiger partial charge < -0.3 is 20.5 Å². The van der Waals surface area contributed by atoms with E-state index >= 15 is 0 Å². The van der Waals surface area contributed by atoms with Crippen LogP contribution in [0, 0.1) is 24.1 Å². The number of anilines is 1. The van der Waals surface area contributed by atoms with Crippen LogP contribution in [0.2, 0.25) is 0 Å². The van der Waals surface area contributed by atoms with Gasteiger partial charge in [0.05, 0.1) is 29.3 Å². The molecule has 1 aliphatic carbocycles. The highest BCUT2D eigenvalue weighted by Gasteiger charge is 2.66. The molecule has 1 saturated carbocycles. The summed E-state index contributed by atoms with van der Waals surface area (Å²) in [6, 6.07) is 4.39. The van der Waals surface area contributed by atoms with Crippen LogP contribution in [0.5, 0.6) is 5.88 Å². The van der Waals surface area contributed by atoms with Crippen LogP contribution in [0.3, 0.4) is 0 Å². The fourth-order valence-electron chi connectivity index (χ4n) is 4.14. The number of nitrogens with one attached hydrogen (secondary N) is 1. The molecule has 0 radical (unpaired) electrons. The monoisotopic (exact) mass is 455 g/mol. The molecule has 4 rings (SSSR count). The number of amides is 1. The van der Waals surface area contributed by atoms with Gasteiger partial charge in [0.1, 0.15) is 11.5 Å². The van der Waals surface area contributed by atoms with Crippen LogP contribution in [-0.4, -0.2) is 46.1 Å². The number of benzene rings is 1. The lowest BCUT2D eigenvalue weighted by atomic mass is 9.85. The van der Waals surface area contributed by atoms with Crippen LogP contribution in [0.15, 0.2) is 35.6 Å². The molecule has 8 nitrogen and oxygen atoms in total. The smallest absolute Gasteiger partial charge is 0.275 e. The van der Waals surface area contributed by atoms with Gasteiger partial charge in [0.25, 0.3) is 5.91 Å². The largest absolute Gasteiger partial charge is 0.463 e. The summed E-state index contributed by atoms with van der Waals surface area (Å²) in [5.41, 5.74) is 6.08. The number of carbonyl (C=O) groups excluding carboxylic acids is 1. The fourth-order valence-corrected chi connectivity index (χ4v) is 5.59. The zero-order valence-corrected chi connectivity index (χ0v) is 18.4. The number of aromatic nitrogens is 2. The highest BCUT2D eigenvalue weighted by atomic mass is 32.2. The van der Waals surface area contributed by atoms with Crippen LogP contribution in [0.4, 0.5) is 10.1 Å². The predicted octanol–water partition coefficient (Wildman–Crippen LogP) is 2.56. The Labute approximate surface area is 189 Å². The Bertz CT molecular complexity index is 1120. The first-order valence-corrected chi connectivity index (χ1v) is 10.7. The fraction of sp³-hybridized carbons (Fsp3) is 0.364. The Balaban J connectivity index is 1.56. The number of halogens is 1. The number of nitrogens with two attached hydrogens (primary N) is 1. The van der Waals surface area contributed by atoms with Crippen molar-refractivity contribution in [1.82, 2.24) is 9.97 Å².